The van der Waals surface area contributed by atoms with Crippen LogP contribution in [-0.2, 0) is 14.3 Å². The second kappa shape index (κ2) is 10.9. The molecule has 0 unspecified atom stereocenters. The first-order valence-electron chi connectivity index (χ1n) is 17.5. The fourth-order valence-electron chi connectivity index (χ4n) is 12.1. The highest BCUT2D eigenvalue weighted by Gasteiger charge is 2.71. The molecule has 6 aliphatic rings. The molecule has 10 nitrogen and oxygen atoms in total. The molecule has 5 fully saturated rings. The van der Waals surface area contributed by atoms with Crippen LogP contribution < -0.4 is 0 Å². The summed E-state index contributed by atoms with van der Waals surface area (Å²) in [6.45, 7) is 14.6. The molecular formula is C36H58O10. The van der Waals surface area contributed by atoms with Crippen molar-refractivity contribution in [1.82, 2.24) is 0 Å². The standard InChI is InChI=1S/C36H58O10/c1-31(2)12-14-36(30(44)46-29-26(41)25(40)24(39)20(17-37)45-29)15-13-34(6)18(23(36)28(31)43)8-9-22-33(5)16-19(38)27(42)32(3,4)21(33)10-11-35(22,34)7/h8,19-29,37-43H,9-17H2,1-7H3/t19-,20-,21+,22-,23+,24-,25+,26-,27+,28+,29+,33+,34-,35-,36+/m1/s1. The topological polar surface area (TPSA) is 177 Å². The summed E-state index contributed by atoms with van der Waals surface area (Å²) in [6, 6.07) is 0. The lowest BCUT2D eigenvalue weighted by Gasteiger charge is -2.71. The molecule has 46 heavy (non-hydrogen) atoms. The van der Waals surface area contributed by atoms with E-state index in [1.807, 2.05) is 13.8 Å². The number of ether oxygens (including phenoxy) is 2. The summed E-state index contributed by atoms with van der Waals surface area (Å²) in [5.74, 6) is -0.666. The van der Waals surface area contributed by atoms with Crippen molar-refractivity contribution in [3.63, 3.8) is 0 Å². The van der Waals surface area contributed by atoms with Crippen LogP contribution in [0.4, 0.5) is 0 Å². The van der Waals surface area contributed by atoms with Crippen molar-refractivity contribution in [2.75, 3.05) is 6.61 Å². The maximum Gasteiger partial charge on any atom is 0.315 e. The van der Waals surface area contributed by atoms with Gasteiger partial charge in [-0.25, -0.2) is 0 Å². The van der Waals surface area contributed by atoms with E-state index >= 15 is 0 Å². The van der Waals surface area contributed by atoms with Crippen molar-refractivity contribution >= 4 is 5.97 Å². The van der Waals surface area contributed by atoms with Crippen LogP contribution in [0.3, 0.4) is 0 Å². The van der Waals surface area contributed by atoms with Crippen LogP contribution >= 0.6 is 0 Å². The molecule has 15 atom stereocenters. The van der Waals surface area contributed by atoms with Crippen LogP contribution in [0.15, 0.2) is 11.6 Å². The average molecular weight is 651 g/mol. The van der Waals surface area contributed by atoms with E-state index in [2.05, 4.69) is 40.7 Å². The smallest absolute Gasteiger partial charge is 0.315 e. The van der Waals surface area contributed by atoms with Gasteiger partial charge >= 0.3 is 5.97 Å². The predicted octanol–water partition coefficient (Wildman–Crippen LogP) is 2.43. The lowest BCUT2D eigenvalue weighted by Crippen LogP contribution is -2.68. The Morgan fingerprint density at radius 3 is 2.15 bits per heavy atom. The molecule has 0 bridgehead atoms. The predicted molar refractivity (Wildman–Crippen MR) is 168 cm³/mol. The molecule has 5 aliphatic carbocycles. The largest absolute Gasteiger partial charge is 0.432 e. The van der Waals surface area contributed by atoms with E-state index in [1.54, 1.807) is 0 Å². The van der Waals surface area contributed by atoms with Crippen LogP contribution in [-0.4, -0.2) is 97.3 Å². The molecule has 0 aromatic heterocycles. The van der Waals surface area contributed by atoms with Gasteiger partial charge in [-0.3, -0.25) is 4.79 Å². The number of carbonyl (C=O) groups excluding carboxylic acids is 1. The van der Waals surface area contributed by atoms with Gasteiger partial charge in [-0.05, 0) is 90.3 Å². The number of carbonyl (C=O) groups is 1. The highest BCUT2D eigenvalue weighted by molar-refractivity contribution is 5.79. The zero-order chi connectivity index (χ0) is 34.0. The molecule has 0 aromatic carbocycles. The second-order valence-corrected chi connectivity index (χ2v) is 18.0. The number of esters is 1. The molecule has 1 heterocycles. The molecule has 7 N–H and O–H groups in total. The Balaban J connectivity index is 1.39. The maximum absolute atomic E-state index is 14.4. The van der Waals surface area contributed by atoms with Gasteiger partial charge in [0.1, 0.15) is 24.4 Å². The molecule has 0 spiro atoms. The Morgan fingerprint density at radius 2 is 1.50 bits per heavy atom. The second-order valence-electron chi connectivity index (χ2n) is 18.0. The van der Waals surface area contributed by atoms with Gasteiger partial charge < -0.3 is 45.2 Å². The van der Waals surface area contributed by atoms with E-state index in [4.69, 9.17) is 9.47 Å². The Morgan fingerprint density at radius 1 is 0.848 bits per heavy atom. The summed E-state index contributed by atoms with van der Waals surface area (Å²) in [7, 11) is 0. The van der Waals surface area contributed by atoms with Crippen LogP contribution in [0.25, 0.3) is 0 Å². The molecule has 4 saturated carbocycles. The third-order valence-corrected chi connectivity index (χ3v) is 15.3. The van der Waals surface area contributed by atoms with E-state index in [1.165, 1.54) is 0 Å². The van der Waals surface area contributed by atoms with Crippen molar-refractivity contribution in [3.05, 3.63) is 11.6 Å². The van der Waals surface area contributed by atoms with Gasteiger partial charge in [0.15, 0.2) is 0 Å². The lowest BCUT2D eigenvalue weighted by molar-refractivity contribution is -0.298. The number of hydrogen-bond donors (Lipinski definition) is 7. The third kappa shape index (κ3) is 4.46. The minimum Gasteiger partial charge on any atom is -0.432 e. The van der Waals surface area contributed by atoms with Gasteiger partial charge in [-0.1, -0.05) is 60.1 Å². The number of allylic oxidation sites excluding steroid dienone is 1. The maximum atomic E-state index is 14.4. The summed E-state index contributed by atoms with van der Waals surface area (Å²) < 4.78 is 11.4. The van der Waals surface area contributed by atoms with E-state index < -0.39 is 83.8 Å². The Kier molecular flexibility index (Phi) is 8.27. The summed E-state index contributed by atoms with van der Waals surface area (Å²) in [4.78, 5) is 14.4. The van der Waals surface area contributed by atoms with E-state index in [0.29, 0.717) is 32.1 Å². The van der Waals surface area contributed by atoms with Crippen LogP contribution in [0, 0.1) is 50.2 Å². The first-order chi connectivity index (χ1) is 21.2. The minimum absolute atomic E-state index is 0.185. The summed E-state index contributed by atoms with van der Waals surface area (Å²) in [5, 5.41) is 75.3. The molecule has 1 saturated heterocycles. The fraction of sp³-hybridized carbons (Fsp3) is 0.917. The molecule has 0 radical (unpaired) electrons. The molecular weight excluding hydrogens is 592 g/mol. The number of rotatable bonds is 3. The number of aliphatic hydroxyl groups excluding tert-OH is 7. The average Bonchev–Trinajstić information content (AvgIpc) is 2.98. The zero-order valence-electron chi connectivity index (χ0n) is 28.6. The molecule has 0 amide bonds. The normalized spacial score (nSPS) is 54.3. The van der Waals surface area contributed by atoms with Crippen molar-refractivity contribution in [3.8, 4) is 0 Å². The Hall–Kier alpha value is -1.11. The number of hydrogen-bond acceptors (Lipinski definition) is 10. The van der Waals surface area contributed by atoms with Gasteiger partial charge in [0, 0.05) is 5.92 Å². The SMILES string of the molecule is CC1(C)CC[C@]2(C(=O)O[C@@H]3O[C@H](CO)[C@@H](O)[C@H](O)[C@H]3O)CC[C@]3(C)C(=CC[C@@H]4[C@@]5(C)C[C@@H](O)[C@H](O)C(C)(C)[C@@H]5CC[C@]43C)[C@H]2[C@@H]1O. The number of aliphatic hydroxyl groups is 7. The summed E-state index contributed by atoms with van der Waals surface area (Å²) in [6.07, 6.45) is -2.48. The quantitative estimate of drug-likeness (QED) is 0.177. The molecule has 0 aromatic rings. The molecule has 1 aliphatic heterocycles. The van der Waals surface area contributed by atoms with Crippen molar-refractivity contribution < 1.29 is 50.0 Å². The fourth-order valence-corrected chi connectivity index (χ4v) is 12.1. The highest BCUT2D eigenvalue weighted by atomic mass is 16.7. The van der Waals surface area contributed by atoms with Crippen LogP contribution in [0.2, 0.25) is 0 Å². The summed E-state index contributed by atoms with van der Waals surface area (Å²) >= 11 is 0. The van der Waals surface area contributed by atoms with Gasteiger partial charge in [0.2, 0.25) is 6.29 Å². The molecule has 10 heteroatoms. The monoisotopic (exact) mass is 650 g/mol. The van der Waals surface area contributed by atoms with E-state index in [0.717, 1.165) is 24.8 Å². The van der Waals surface area contributed by atoms with Gasteiger partial charge in [0.05, 0.1) is 30.3 Å². The van der Waals surface area contributed by atoms with Crippen LogP contribution in [0.1, 0.15) is 99.8 Å². The minimum atomic E-state index is -1.70. The first-order valence-corrected chi connectivity index (χ1v) is 17.5. The van der Waals surface area contributed by atoms with Crippen LogP contribution in [0.5, 0.6) is 0 Å². The van der Waals surface area contributed by atoms with Crippen molar-refractivity contribution in [2.45, 2.75) is 149 Å². The van der Waals surface area contributed by atoms with E-state index in [-0.39, 0.29) is 28.1 Å². The third-order valence-electron chi connectivity index (χ3n) is 15.3. The first kappa shape index (κ1) is 34.7. The summed E-state index contributed by atoms with van der Waals surface area (Å²) in [5.41, 5.74) is -1.64. The van der Waals surface area contributed by atoms with Gasteiger partial charge in [0.25, 0.3) is 0 Å². The van der Waals surface area contributed by atoms with Crippen molar-refractivity contribution in [2.24, 2.45) is 50.2 Å². The zero-order valence-corrected chi connectivity index (χ0v) is 28.6. The molecule has 262 valence electrons. The lowest BCUT2D eigenvalue weighted by atomic mass is 9.33. The number of fused-ring (bicyclic) bond motifs is 7. The Labute approximate surface area is 273 Å². The molecule has 6 rings (SSSR count). The van der Waals surface area contributed by atoms with E-state index in [9.17, 15) is 40.5 Å². The van der Waals surface area contributed by atoms with Gasteiger partial charge in [-0.2, -0.15) is 0 Å². The van der Waals surface area contributed by atoms with Gasteiger partial charge in [-0.15, -0.1) is 0 Å². The Bertz CT molecular complexity index is 1250. The highest BCUT2D eigenvalue weighted by Crippen LogP contribution is 2.75. The van der Waals surface area contributed by atoms with Crippen molar-refractivity contribution in [1.29, 1.82) is 0 Å².